The third kappa shape index (κ3) is 2.79. The fourth-order valence-electron chi connectivity index (χ4n) is 1.76. The van der Waals surface area contributed by atoms with Crippen molar-refractivity contribution in [2.45, 2.75) is 4.90 Å². The molecule has 0 bridgehead atoms. The Morgan fingerprint density at radius 3 is 2.26 bits per heavy atom. The number of aromatic nitrogens is 1. The zero-order chi connectivity index (χ0) is 14.0. The van der Waals surface area contributed by atoms with Crippen molar-refractivity contribution in [3.8, 4) is 11.1 Å². The highest BCUT2D eigenvalue weighted by Crippen LogP contribution is 2.24. The molecule has 0 atom stereocenters. The van der Waals surface area contributed by atoms with E-state index in [9.17, 15) is 13.2 Å². The average molecular weight is 276 g/mol. The molecule has 0 aliphatic heterocycles. The summed E-state index contributed by atoms with van der Waals surface area (Å²) >= 11 is 0. The lowest BCUT2D eigenvalue weighted by atomic mass is 10.0. The van der Waals surface area contributed by atoms with Crippen LogP contribution in [0.5, 0.6) is 0 Å². The van der Waals surface area contributed by atoms with Gasteiger partial charge in [0.2, 0.25) is 5.91 Å². The average Bonchev–Trinajstić information content (AvgIpc) is 2.38. The fraction of sp³-hybridized carbons (Fsp3) is 0.0769. The van der Waals surface area contributed by atoms with Crippen molar-refractivity contribution in [1.82, 2.24) is 4.98 Å². The van der Waals surface area contributed by atoms with Gasteiger partial charge in [-0.3, -0.25) is 9.78 Å². The molecule has 1 aromatic carbocycles. The molecule has 5 nitrogen and oxygen atoms in total. The van der Waals surface area contributed by atoms with Gasteiger partial charge in [0, 0.05) is 18.6 Å². The predicted octanol–water partition coefficient (Wildman–Crippen LogP) is 1.25. The molecule has 98 valence electrons. The van der Waals surface area contributed by atoms with Gasteiger partial charge in [-0.05, 0) is 35.4 Å². The van der Waals surface area contributed by atoms with E-state index in [0.29, 0.717) is 5.56 Å². The van der Waals surface area contributed by atoms with E-state index in [2.05, 4.69) is 4.98 Å². The largest absolute Gasteiger partial charge is 0.366 e. The molecule has 0 unspecified atom stereocenters. The lowest BCUT2D eigenvalue weighted by Gasteiger charge is -2.08. The zero-order valence-corrected chi connectivity index (χ0v) is 11.0. The molecule has 6 heteroatoms. The van der Waals surface area contributed by atoms with E-state index in [1.54, 1.807) is 30.6 Å². The van der Waals surface area contributed by atoms with Crippen LogP contribution >= 0.6 is 0 Å². The number of amides is 1. The van der Waals surface area contributed by atoms with E-state index in [1.807, 2.05) is 0 Å². The summed E-state index contributed by atoms with van der Waals surface area (Å²) in [5.41, 5.74) is 6.69. The smallest absolute Gasteiger partial charge is 0.250 e. The molecule has 1 heterocycles. The minimum Gasteiger partial charge on any atom is -0.366 e. The van der Waals surface area contributed by atoms with Crippen LogP contribution in [0.15, 0.2) is 47.6 Å². The van der Waals surface area contributed by atoms with E-state index in [4.69, 9.17) is 5.73 Å². The molecule has 2 N–H and O–H groups in total. The number of carbonyl (C=O) groups is 1. The summed E-state index contributed by atoms with van der Waals surface area (Å²) < 4.78 is 23.4. The van der Waals surface area contributed by atoms with Crippen molar-refractivity contribution in [3.63, 3.8) is 0 Å². The third-order valence-electron chi connectivity index (χ3n) is 2.66. The molecule has 0 saturated carbocycles. The first-order chi connectivity index (χ1) is 8.89. The van der Waals surface area contributed by atoms with Crippen molar-refractivity contribution in [2.24, 2.45) is 5.73 Å². The molecule has 0 fully saturated rings. The van der Waals surface area contributed by atoms with Gasteiger partial charge >= 0.3 is 0 Å². The van der Waals surface area contributed by atoms with Gasteiger partial charge in [0.1, 0.15) is 0 Å². The number of primary amides is 1. The second-order valence-corrected chi connectivity index (χ2v) is 6.07. The van der Waals surface area contributed by atoms with Crippen LogP contribution in [0.4, 0.5) is 0 Å². The van der Waals surface area contributed by atoms with Crippen LogP contribution < -0.4 is 5.73 Å². The van der Waals surface area contributed by atoms with Gasteiger partial charge in [0.25, 0.3) is 0 Å². The van der Waals surface area contributed by atoms with Gasteiger partial charge in [0.05, 0.1) is 10.5 Å². The van der Waals surface area contributed by atoms with Crippen molar-refractivity contribution < 1.29 is 13.2 Å². The maximum absolute atomic E-state index is 11.7. The van der Waals surface area contributed by atoms with E-state index in [-0.39, 0.29) is 10.5 Å². The lowest BCUT2D eigenvalue weighted by Crippen LogP contribution is -2.15. The molecule has 0 radical (unpaired) electrons. The maximum Gasteiger partial charge on any atom is 0.250 e. The van der Waals surface area contributed by atoms with Gasteiger partial charge in [-0.2, -0.15) is 0 Å². The van der Waals surface area contributed by atoms with Gasteiger partial charge in [-0.15, -0.1) is 0 Å². The van der Waals surface area contributed by atoms with Crippen LogP contribution in [0.25, 0.3) is 11.1 Å². The lowest BCUT2D eigenvalue weighted by molar-refractivity contribution is 0.0997. The van der Waals surface area contributed by atoms with Crippen LogP contribution in [0.2, 0.25) is 0 Å². The highest BCUT2D eigenvalue weighted by Gasteiger charge is 2.17. The Bertz CT molecular complexity index is 725. The summed E-state index contributed by atoms with van der Waals surface area (Å²) in [7, 11) is -3.53. The number of carbonyl (C=O) groups excluding carboxylic acids is 1. The zero-order valence-electron chi connectivity index (χ0n) is 10.2. The Kier molecular flexibility index (Phi) is 3.35. The first-order valence-electron chi connectivity index (χ1n) is 5.44. The molecule has 0 aliphatic carbocycles. The Labute approximate surface area is 111 Å². The number of nitrogens with zero attached hydrogens (tertiary/aromatic N) is 1. The van der Waals surface area contributed by atoms with Crippen molar-refractivity contribution in [1.29, 1.82) is 0 Å². The minimum atomic E-state index is -3.53. The van der Waals surface area contributed by atoms with Gasteiger partial charge < -0.3 is 5.73 Å². The SMILES string of the molecule is CS(=O)(=O)c1cc(-c2ccncc2)ccc1C(N)=O. The van der Waals surface area contributed by atoms with Crippen LogP contribution in [0.3, 0.4) is 0 Å². The van der Waals surface area contributed by atoms with Crippen LogP contribution in [0, 0.1) is 0 Å². The molecular weight excluding hydrogens is 264 g/mol. The topological polar surface area (TPSA) is 90.1 Å². The third-order valence-corrected chi connectivity index (χ3v) is 3.80. The highest BCUT2D eigenvalue weighted by molar-refractivity contribution is 7.90. The molecule has 19 heavy (non-hydrogen) atoms. The first-order valence-corrected chi connectivity index (χ1v) is 7.33. The van der Waals surface area contributed by atoms with E-state index in [0.717, 1.165) is 11.8 Å². The molecule has 2 rings (SSSR count). The molecule has 0 spiro atoms. The number of benzene rings is 1. The van der Waals surface area contributed by atoms with Crippen LogP contribution in [-0.4, -0.2) is 25.6 Å². The molecular formula is C13H12N2O3S. The number of sulfone groups is 1. The molecule has 0 saturated heterocycles. The summed E-state index contributed by atoms with van der Waals surface area (Å²) in [6.07, 6.45) is 4.26. The predicted molar refractivity (Wildman–Crippen MR) is 71.3 cm³/mol. The van der Waals surface area contributed by atoms with E-state index < -0.39 is 15.7 Å². The van der Waals surface area contributed by atoms with Gasteiger partial charge in [0.15, 0.2) is 9.84 Å². The summed E-state index contributed by atoms with van der Waals surface area (Å²) in [4.78, 5) is 15.1. The van der Waals surface area contributed by atoms with E-state index >= 15 is 0 Å². The number of hydrogen-bond donors (Lipinski definition) is 1. The fourth-order valence-corrected chi connectivity index (χ4v) is 2.67. The molecule has 2 aromatic rings. The Morgan fingerprint density at radius 2 is 1.74 bits per heavy atom. The van der Waals surface area contributed by atoms with Crippen molar-refractivity contribution in [3.05, 3.63) is 48.3 Å². The quantitative estimate of drug-likeness (QED) is 0.913. The number of rotatable bonds is 3. The second-order valence-electron chi connectivity index (χ2n) is 4.08. The number of pyridine rings is 1. The summed E-state index contributed by atoms with van der Waals surface area (Å²) in [6.45, 7) is 0. The Hall–Kier alpha value is -2.21. The Balaban J connectivity index is 2.67. The monoisotopic (exact) mass is 276 g/mol. The summed E-state index contributed by atoms with van der Waals surface area (Å²) in [5, 5.41) is 0. The maximum atomic E-state index is 11.7. The summed E-state index contributed by atoms with van der Waals surface area (Å²) in [5.74, 6) is -0.762. The molecule has 1 amide bonds. The van der Waals surface area contributed by atoms with Crippen molar-refractivity contribution >= 4 is 15.7 Å². The first kappa shape index (κ1) is 13.2. The highest BCUT2D eigenvalue weighted by atomic mass is 32.2. The number of hydrogen-bond acceptors (Lipinski definition) is 4. The normalized spacial score (nSPS) is 11.2. The number of nitrogens with two attached hydrogens (primary N) is 1. The minimum absolute atomic E-state index is 0.000283. The summed E-state index contributed by atoms with van der Waals surface area (Å²) in [6, 6.07) is 8.04. The molecule has 0 aliphatic rings. The standard InChI is InChI=1S/C13H12N2O3S/c1-19(17,18)12-8-10(2-3-11(12)13(14)16)9-4-6-15-7-5-9/h2-8H,1H3,(H2,14,16). The van der Waals surface area contributed by atoms with Crippen LogP contribution in [0.1, 0.15) is 10.4 Å². The Morgan fingerprint density at radius 1 is 1.11 bits per heavy atom. The molecule has 1 aromatic heterocycles. The van der Waals surface area contributed by atoms with Crippen LogP contribution in [-0.2, 0) is 9.84 Å². The van der Waals surface area contributed by atoms with Gasteiger partial charge in [-0.25, -0.2) is 8.42 Å². The second kappa shape index (κ2) is 4.81. The van der Waals surface area contributed by atoms with Crippen molar-refractivity contribution in [2.75, 3.05) is 6.26 Å². The van der Waals surface area contributed by atoms with E-state index in [1.165, 1.54) is 12.1 Å². The van der Waals surface area contributed by atoms with Gasteiger partial charge in [-0.1, -0.05) is 6.07 Å².